The van der Waals surface area contributed by atoms with Crippen molar-refractivity contribution in [2.45, 2.75) is 19.6 Å². The van der Waals surface area contributed by atoms with Crippen LogP contribution in [0.5, 0.6) is 0 Å². The minimum absolute atomic E-state index is 0.168. The van der Waals surface area contributed by atoms with Gasteiger partial charge >= 0.3 is 6.18 Å². The summed E-state index contributed by atoms with van der Waals surface area (Å²) in [6.07, 6.45) is -4.54. The standard InChI is InChI=1S/C14H15F3N4/c1-2-21(9-10-6-4-3-5-7-10)12-8-11(14(15,16)17)19-13(18)20-12/h3-8H,2,9H2,1H3,(H2,18,19,20). The van der Waals surface area contributed by atoms with Crippen molar-refractivity contribution in [1.29, 1.82) is 0 Å². The van der Waals surface area contributed by atoms with Crippen molar-refractivity contribution < 1.29 is 13.2 Å². The van der Waals surface area contributed by atoms with Crippen molar-refractivity contribution in [3.8, 4) is 0 Å². The molecular weight excluding hydrogens is 281 g/mol. The van der Waals surface area contributed by atoms with E-state index in [-0.39, 0.29) is 11.8 Å². The van der Waals surface area contributed by atoms with Crippen molar-refractivity contribution in [1.82, 2.24) is 9.97 Å². The molecule has 2 aromatic rings. The number of halogens is 3. The summed E-state index contributed by atoms with van der Waals surface area (Å²) in [5, 5.41) is 0. The van der Waals surface area contributed by atoms with E-state index in [0.717, 1.165) is 11.6 Å². The summed E-state index contributed by atoms with van der Waals surface area (Å²) < 4.78 is 38.3. The van der Waals surface area contributed by atoms with Gasteiger partial charge in [-0.3, -0.25) is 0 Å². The zero-order valence-corrected chi connectivity index (χ0v) is 11.4. The molecule has 21 heavy (non-hydrogen) atoms. The maximum absolute atomic E-state index is 12.8. The highest BCUT2D eigenvalue weighted by atomic mass is 19.4. The minimum Gasteiger partial charge on any atom is -0.368 e. The highest BCUT2D eigenvalue weighted by molar-refractivity contribution is 5.44. The van der Waals surface area contributed by atoms with Gasteiger partial charge in [-0.2, -0.15) is 18.2 Å². The Morgan fingerprint density at radius 1 is 1.14 bits per heavy atom. The molecule has 0 amide bonds. The molecule has 0 saturated heterocycles. The fourth-order valence-electron chi connectivity index (χ4n) is 1.92. The Bertz CT molecular complexity index is 599. The Kier molecular flexibility index (Phi) is 4.30. The average Bonchev–Trinajstić information content (AvgIpc) is 2.44. The predicted octanol–water partition coefficient (Wildman–Crippen LogP) is 3.10. The van der Waals surface area contributed by atoms with E-state index in [1.807, 2.05) is 37.3 Å². The molecule has 0 bridgehead atoms. The second kappa shape index (κ2) is 5.99. The van der Waals surface area contributed by atoms with Gasteiger partial charge in [0, 0.05) is 19.2 Å². The Morgan fingerprint density at radius 3 is 2.38 bits per heavy atom. The number of nitrogen functional groups attached to an aromatic ring is 1. The summed E-state index contributed by atoms with van der Waals surface area (Å²) in [4.78, 5) is 8.86. The zero-order chi connectivity index (χ0) is 15.5. The monoisotopic (exact) mass is 296 g/mol. The molecule has 112 valence electrons. The van der Waals surface area contributed by atoms with Crippen LogP contribution in [0.15, 0.2) is 36.4 Å². The third-order valence-corrected chi connectivity index (χ3v) is 2.94. The fourth-order valence-corrected chi connectivity index (χ4v) is 1.92. The molecule has 0 atom stereocenters. The lowest BCUT2D eigenvalue weighted by Gasteiger charge is -2.23. The third kappa shape index (κ3) is 3.84. The number of hydrogen-bond donors (Lipinski definition) is 1. The minimum atomic E-state index is -4.54. The number of alkyl halides is 3. The van der Waals surface area contributed by atoms with E-state index in [2.05, 4.69) is 9.97 Å². The lowest BCUT2D eigenvalue weighted by molar-refractivity contribution is -0.141. The highest BCUT2D eigenvalue weighted by Crippen LogP contribution is 2.30. The Labute approximate surface area is 120 Å². The van der Waals surface area contributed by atoms with Gasteiger partial charge in [0.05, 0.1) is 0 Å². The van der Waals surface area contributed by atoms with E-state index >= 15 is 0 Å². The molecule has 7 heteroatoms. The van der Waals surface area contributed by atoms with E-state index in [4.69, 9.17) is 5.73 Å². The zero-order valence-electron chi connectivity index (χ0n) is 11.4. The van der Waals surface area contributed by atoms with E-state index < -0.39 is 11.9 Å². The lowest BCUT2D eigenvalue weighted by atomic mass is 10.2. The molecule has 0 spiro atoms. The summed E-state index contributed by atoms with van der Waals surface area (Å²) >= 11 is 0. The number of rotatable bonds is 4. The van der Waals surface area contributed by atoms with Crippen molar-refractivity contribution in [3.05, 3.63) is 47.7 Å². The van der Waals surface area contributed by atoms with Crippen LogP contribution in [0.3, 0.4) is 0 Å². The summed E-state index contributed by atoms with van der Waals surface area (Å²) in [6.45, 7) is 2.79. The lowest BCUT2D eigenvalue weighted by Crippen LogP contribution is -2.24. The largest absolute Gasteiger partial charge is 0.433 e. The first kappa shape index (κ1) is 15.1. The number of nitrogens with two attached hydrogens (primary N) is 1. The molecule has 0 aliphatic heterocycles. The summed E-state index contributed by atoms with van der Waals surface area (Å²) in [7, 11) is 0. The molecular formula is C14H15F3N4. The van der Waals surface area contributed by atoms with E-state index in [9.17, 15) is 13.2 Å². The number of benzene rings is 1. The number of nitrogens with zero attached hydrogens (tertiary/aromatic N) is 3. The average molecular weight is 296 g/mol. The smallest absolute Gasteiger partial charge is 0.368 e. The van der Waals surface area contributed by atoms with Crippen molar-refractivity contribution in [2.75, 3.05) is 17.2 Å². The first-order valence-corrected chi connectivity index (χ1v) is 6.40. The maximum atomic E-state index is 12.8. The molecule has 1 heterocycles. The number of aromatic nitrogens is 2. The van der Waals surface area contributed by atoms with Gasteiger partial charge < -0.3 is 10.6 Å². The van der Waals surface area contributed by atoms with Crippen molar-refractivity contribution in [3.63, 3.8) is 0 Å². The molecule has 2 rings (SSSR count). The second-order valence-corrected chi connectivity index (χ2v) is 4.47. The molecule has 4 nitrogen and oxygen atoms in total. The second-order valence-electron chi connectivity index (χ2n) is 4.47. The van der Waals surface area contributed by atoms with E-state index in [1.54, 1.807) is 4.90 Å². The first-order valence-electron chi connectivity index (χ1n) is 6.40. The van der Waals surface area contributed by atoms with Crippen LogP contribution >= 0.6 is 0 Å². The predicted molar refractivity (Wildman–Crippen MR) is 74.6 cm³/mol. The van der Waals surface area contributed by atoms with E-state index in [1.165, 1.54) is 0 Å². The van der Waals surface area contributed by atoms with Crippen molar-refractivity contribution >= 4 is 11.8 Å². The molecule has 0 aliphatic carbocycles. The summed E-state index contributed by atoms with van der Waals surface area (Å²) in [5.41, 5.74) is 5.34. The Morgan fingerprint density at radius 2 is 1.81 bits per heavy atom. The van der Waals surface area contributed by atoms with Crippen LogP contribution in [0, 0.1) is 0 Å². The van der Waals surface area contributed by atoms with Gasteiger partial charge in [0.2, 0.25) is 5.95 Å². The van der Waals surface area contributed by atoms with Gasteiger partial charge in [0.25, 0.3) is 0 Å². The van der Waals surface area contributed by atoms with Crippen LogP contribution < -0.4 is 10.6 Å². The highest BCUT2D eigenvalue weighted by Gasteiger charge is 2.34. The van der Waals surface area contributed by atoms with Gasteiger partial charge in [-0.15, -0.1) is 0 Å². The molecule has 0 fully saturated rings. The van der Waals surface area contributed by atoms with Crippen LogP contribution in [0.1, 0.15) is 18.2 Å². The van der Waals surface area contributed by atoms with Gasteiger partial charge in [-0.1, -0.05) is 30.3 Å². The molecule has 1 aromatic heterocycles. The topological polar surface area (TPSA) is 55.0 Å². The molecule has 2 N–H and O–H groups in total. The normalized spacial score (nSPS) is 11.4. The number of hydrogen-bond acceptors (Lipinski definition) is 4. The summed E-state index contributed by atoms with van der Waals surface area (Å²) in [6, 6.07) is 10.3. The third-order valence-electron chi connectivity index (χ3n) is 2.94. The van der Waals surface area contributed by atoms with Crippen LogP contribution in [0.4, 0.5) is 24.9 Å². The number of anilines is 2. The molecule has 0 aliphatic rings. The Balaban J connectivity index is 2.32. The summed E-state index contributed by atoms with van der Waals surface area (Å²) in [5.74, 6) is -0.215. The fraction of sp³-hybridized carbons (Fsp3) is 0.286. The molecule has 0 radical (unpaired) electrons. The van der Waals surface area contributed by atoms with Crippen LogP contribution in [-0.2, 0) is 12.7 Å². The van der Waals surface area contributed by atoms with Crippen LogP contribution in [0.25, 0.3) is 0 Å². The van der Waals surface area contributed by atoms with Gasteiger partial charge in [0.15, 0.2) is 5.69 Å². The van der Waals surface area contributed by atoms with E-state index in [0.29, 0.717) is 13.1 Å². The molecule has 1 aromatic carbocycles. The van der Waals surface area contributed by atoms with Crippen molar-refractivity contribution in [2.24, 2.45) is 0 Å². The maximum Gasteiger partial charge on any atom is 0.433 e. The molecule has 0 unspecified atom stereocenters. The van der Waals surface area contributed by atoms with Gasteiger partial charge in [-0.25, -0.2) is 4.98 Å². The van der Waals surface area contributed by atoms with Gasteiger partial charge in [0.1, 0.15) is 5.82 Å². The van der Waals surface area contributed by atoms with Crippen LogP contribution in [-0.4, -0.2) is 16.5 Å². The van der Waals surface area contributed by atoms with Gasteiger partial charge in [-0.05, 0) is 12.5 Å². The quantitative estimate of drug-likeness (QED) is 0.942. The SMILES string of the molecule is CCN(Cc1ccccc1)c1cc(C(F)(F)F)nc(N)n1. The first-order chi connectivity index (χ1) is 9.90. The van der Waals surface area contributed by atoms with Crippen LogP contribution in [0.2, 0.25) is 0 Å². The molecule has 0 saturated carbocycles. The Hall–Kier alpha value is -2.31.